The van der Waals surface area contributed by atoms with Gasteiger partial charge >= 0.3 is 0 Å². The first kappa shape index (κ1) is 10.3. The monoisotopic (exact) mass is 218 g/mol. The Balaban J connectivity index is 1.87. The average molecular weight is 218 g/mol. The molecule has 1 heterocycles. The quantitative estimate of drug-likeness (QED) is 0.776. The van der Waals surface area contributed by atoms with E-state index in [1.54, 1.807) is 0 Å². The highest BCUT2D eigenvalue weighted by Gasteiger charge is 2.40. The lowest BCUT2D eigenvalue weighted by Gasteiger charge is -2.37. The van der Waals surface area contributed by atoms with Crippen LogP contribution in [0.15, 0.2) is 30.3 Å². The molecule has 2 aliphatic rings. The van der Waals surface area contributed by atoms with Gasteiger partial charge in [0.1, 0.15) is 0 Å². The van der Waals surface area contributed by atoms with E-state index in [-0.39, 0.29) is 5.60 Å². The predicted molar refractivity (Wildman–Crippen MR) is 62.3 cm³/mol. The molecule has 0 N–H and O–H groups in total. The maximum atomic E-state index is 6.30. The molecule has 2 nitrogen and oxygen atoms in total. The molecule has 0 amide bonds. The molecular formula is C14H18O2. The first-order valence-corrected chi connectivity index (χ1v) is 6.20. The molecule has 1 aliphatic heterocycles. The molecule has 1 aromatic carbocycles. The van der Waals surface area contributed by atoms with Gasteiger partial charge in [0, 0.05) is 26.1 Å². The van der Waals surface area contributed by atoms with Crippen molar-refractivity contribution in [2.24, 2.45) is 0 Å². The SMILES string of the molecule is c1ccc(C2(OC3CC3)CCOCC2)cc1. The van der Waals surface area contributed by atoms with Crippen molar-refractivity contribution in [1.29, 1.82) is 0 Å². The minimum atomic E-state index is -0.0688. The normalized spacial score (nSPS) is 24.2. The fraction of sp³-hybridized carbons (Fsp3) is 0.571. The van der Waals surface area contributed by atoms with Gasteiger partial charge in [0.2, 0.25) is 0 Å². The van der Waals surface area contributed by atoms with Crippen LogP contribution in [0.2, 0.25) is 0 Å². The number of ether oxygens (including phenoxy) is 2. The van der Waals surface area contributed by atoms with Gasteiger partial charge in [-0.05, 0) is 18.4 Å². The molecule has 1 aromatic rings. The van der Waals surface area contributed by atoms with Crippen LogP contribution < -0.4 is 0 Å². The molecule has 1 aliphatic carbocycles. The summed E-state index contributed by atoms with van der Waals surface area (Å²) in [5.74, 6) is 0. The molecule has 0 unspecified atom stereocenters. The van der Waals surface area contributed by atoms with Gasteiger partial charge in [-0.15, -0.1) is 0 Å². The van der Waals surface area contributed by atoms with Gasteiger partial charge in [-0.3, -0.25) is 0 Å². The van der Waals surface area contributed by atoms with E-state index in [4.69, 9.17) is 9.47 Å². The van der Waals surface area contributed by atoms with Crippen molar-refractivity contribution in [3.63, 3.8) is 0 Å². The van der Waals surface area contributed by atoms with Crippen LogP contribution in [0.3, 0.4) is 0 Å². The summed E-state index contributed by atoms with van der Waals surface area (Å²) in [7, 11) is 0. The summed E-state index contributed by atoms with van der Waals surface area (Å²) in [5, 5.41) is 0. The minimum Gasteiger partial charge on any atom is -0.381 e. The van der Waals surface area contributed by atoms with E-state index in [2.05, 4.69) is 30.3 Å². The Labute approximate surface area is 96.6 Å². The summed E-state index contributed by atoms with van der Waals surface area (Å²) in [6.07, 6.45) is 4.95. The van der Waals surface area contributed by atoms with Crippen molar-refractivity contribution < 1.29 is 9.47 Å². The third kappa shape index (κ3) is 2.00. The maximum absolute atomic E-state index is 6.30. The third-order valence-corrected chi connectivity index (χ3v) is 3.52. The lowest BCUT2D eigenvalue weighted by molar-refractivity contribution is -0.124. The molecule has 3 rings (SSSR count). The van der Waals surface area contributed by atoms with Crippen LogP contribution in [-0.4, -0.2) is 19.3 Å². The third-order valence-electron chi connectivity index (χ3n) is 3.52. The van der Waals surface area contributed by atoms with Crippen molar-refractivity contribution in [3.8, 4) is 0 Å². The van der Waals surface area contributed by atoms with Crippen molar-refractivity contribution in [2.45, 2.75) is 37.4 Å². The number of rotatable bonds is 3. The highest BCUT2D eigenvalue weighted by molar-refractivity contribution is 5.23. The van der Waals surface area contributed by atoms with E-state index < -0.39 is 0 Å². The van der Waals surface area contributed by atoms with Crippen molar-refractivity contribution in [3.05, 3.63) is 35.9 Å². The van der Waals surface area contributed by atoms with E-state index in [9.17, 15) is 0 Å². The first-order chi connectivity index (χ1) is 7.89. The second-order valence-electron chi connectivity index (χ2n) is 4.79. The Morgan fingerprint density at radius 1 is 1.06 bits per heavy atom. The molecule has 1 saturated heterocycles. The molecule has 16 heavy (non-hydrogen) atoms. The van der Waals surface area contributed by atoms with E-state index in [1.165, 1.54) is 18.4 Å². The molecule has 0 spiro atoms. The Morgan fingerprint density at radius 2 is 1.75 bits per heavy atom. The molecule has 0 radical (unpaired) electrons. The molecule has 2 fully saturated rings. The second kappa shape index (κ2) is 4.19. The Kier molecular flexibility index (Phi) is 2.70. The Bertz CT molecular complexity index is 337. The number of hydrogen-bond donors (Lipinski definition) is 0. The van der Waals surface area contributed by atoms with Gasteiger partial charge in [-0.25, -0.2) is 0 Å². The molecule has 0 bridgehead atoms. The van der Waals surface area contributed by atoms with E-state index in [0.29, 0.717) is 6.10 Å². The fourth-order valence-electron chi connectivity index (χ4n) is 2.42. The van der Waals surface area contributed by atoms with Gasteiger partial charge < -0.3 is 9.47 Å². The van der Waals surface area contributed by atoms with Gasteiger partial charge in [0.25, 0.3) is 0 Å². The Hall–Kier alpha value is -0.860. The fourth-order valence-corrected chi connectivity index (χ4v) is 2.42. The molecule has 2 heteroatoms. The molecule has 1 saturated carbocycles. The van der Waals surface area contributed by atoms with Gasteiger partial charge in [0.15, 0.2) is 0 Å². The minimum absolute atomic E-state index is 0.0688. The standard InChI is InChI=1S/C14H18O2/c1-2-4-12(5-3-1)14(16-13-6-7-13)8-10-15-11-9-14/h1-5,13H,6-11H2. The lowest BCUT2D eigenvalue weighted by Crippen LogP contribution is -2.37. The zero-order valence-corrected chi connectivity index (χ0v) is 9.52. The number of benzene rings is 1. The lowest BCUT2D eigenvalue weighted by atomic mass is 9.86. The van der Waals surface area contributed by atoms with Crippen LogP contribution in [0.1, 0.15) is 31.2 Å². The second-order valence-corrected chi connectivity index (χ2v) is 4.79. The topological polar surface area (TPSA) is 18.5 Å². The van der Waals surface area contributed by atoms with E-state index in [0.717, 1.165) is 26.1 Å². The van der Waals surface area contributed by atoms with Crippen LogP contribution in [0.25, 0.3) is 0 Å². The van der Waals surface area contributed by atoms with Crippen molar-refractivity contribution >= 4 is 0 Å². The van der Waals surface area contributed by atoms with Crippen molar-refractivity contribution in [2.75, 3.05) is 13.2 Å². The largest absolute Gasteiger partial charge is 0.381 e. The number of hydrogen-bond acceptors (Lipinski definition) is 2. The van der Waals surface area contributed by atoms with Crippen molar-refractivity contribution in [1.82, 2.24) is 0 Å². The van der Waals surface area contributed by atoms with Gasteiger partial charge in [0.05, 0.1) is 11.7 Å². The van der Waals surface area contributed by atoms with Crippen LogP contribution in [0, 0.1) is 0 Å². The molecule has 0 atom stereocenters. The Morgan fingerprint density at radius 3 is 2.38 bits per heavy atom. The van der Waals surface area contributed by atoms with E-state index >= 15 is 0 Å². The summed E-state index contributed by atoms with van der Waals surface area (Å²) in [6.45, 7) is 1.64. The van der Waals surface area contributed by atoms with Crippen LogP contribution in [0.5, 0.6) is 0 Å². The van der Waals surface area contributed by atoms with Crippen LogP contribution in [0.4, 0.5) is 0 Å². The zero-order valence-electron chi connectivity index (χ0n) is 9.52. The highest BCUT2D eigenvalue weighted by atomic mass is 16.5. The zero-order chi connectivity index (χ0) is 10.8. The van der Waals surface area contributed by atoms with Crippen LogP contribution in [-0.2, 0) is 15.1 Å². The van der Waals surface area contributed by atoms with Crippen LogP contribution >= 0.6 is 0 Å². The summed E-state index contributed by atoms with van der Waals surface area (Å²) in [5.41, 5.74) is 1.26. The van der Waals surface area contributed by atoms with Gasteiger partial charge in [-0.1, -0.05) is 30.3 Å². The molecular weight excluding hydrogens is 200 g/mol. The van der Waals surface area contributed by atoms with E-state index in [1.807, 2.05) is 0 Å². The molecule has 0 aromatic heterocycles. The summed E-state index contributed by atoms with van der Waals surface area (Å²) < 4.78 is 11.8. The van der Waals surface area contributed by atoms with Gasteiger partial charge in [-0.2, -0.15) is 0 Å². The predicted octanol–water partition coefficient (Wildman–Crippen LogP) is 2.87. The average Bonchev–Trinajstić information content (AvgIpc) is 3.15. The maximum Gasteiger partial charge on any atom is 0.0978 e. The summed E-state index contributed by atoms with van der Waals surface area (Å²) in [4.78, 5) is 0. The first-order valence-electron chi connectivity index (χ1n) is 6.20. The highest BCUT2D eigenvalue weighted by Crippen LogP contribution is 2.41. The molecule has 86 valence electrons. The summed E-state index contributed by atoms with van der Waals surface area (Å²) >= 11 is 0. The smallest absolute Gasteiger partial charge is 0.0978 e. The summed E-state index contributed by atoms with van der Waals surface area (Å²) in [6, 6.07) is 10.6.